The predicted octanol–water partition coefficient (Wildman–Crippen LogP) is 2.76. The number of nitrogens with one attached hydrogen (secondary N) is 1. The molecular weight excluding hydrogens is 150 g/mol. The lowest BCUT2D eigenvalue weighted by Crippen LogP contribution is -1.86. The maximum absolute atomic E-state index is 5.37. The van der Waals surface area contributed by atoms with Crippen molar-refractivity contribution in [2.75, 3.05) is 12.4 Å². The Balaban J connectivity index is 2.67. The Labute approximate surface area is 70.8 Å². The molecule has 1 N–H and O–H groups in total. The fourth-order valence-corrected chi connectivity index (χ4v) is 1.17. The molecule has 0 bridgehead atoms. The summed E-state index contributed by atoms with van der Waals surface area (Å²) in [5.74, 6) is 0. The Hall–Kier alpha value is -1.57. The van der Waals surface area contributed by atoms with E-state index in [9.17, 15) is 0 Å². The van der Waals surface area contributed by atoms with Crippen LogP contribution in [0.1, 0.15) is 0 Å². The third kappa shape index (κ3) is 1.11. The van der Waals surface area contributed by atoms with E-state index in [-0.39, 0.29) is 0 Å². The summed E-state index contributed by atoms with van der Waals surface area (Å²) in [5.41, 5.74) is 1.91. The minimum absolute atomic E-state index is 0.913. The van der Waals surface area contributed by atoms with E-state index in [4.69, 9.17) is 4.42 Å². The zero-order valence-corrected chi connectivity index (χ0v) is 6.87. The van der Waals surface area contributed by atoms with Crippen molar-refractivity contribution in [3.8, 4) is 0 Å². The van der Waals surface area contributed by atoms with E-state index in [0.29, 0.717) is 0 Å². The van der Waals surface area contributed by atoms with Crippen molar-refractivity contribution in [3.05, 3.63) is 36.6 Å². The normalized spacial score (nSPS) is 10.1. The van der Waals surface area contributed by atoms with Crippen LogP contribution in [0, 0.1) is 0 Å². The van der Waals surface area contributed by atoms with Gasteiger partial charge in [-0.05, 0) is 12.1 Å². The summed E-state index contributed by atoms with van der Waals surface area (Å²) < 4.78 is 5.37. The molecule has 12 heavy (non-hydrogen) atoms. The standard InChI is InChI=1S/C10H10NO/c1-11-9-6-8-4-2-3-5-10(8)12-7-9/h2-7,11H,1H3/q+1. The molecule has 1 heterocycles. The van der Waals surface area contributed by atoms with Gasteiger partial charge in [0, 0.05) is 13.1 Å². The summed E-state index contributed by atoms with van der Waals surface area (Å²) in [5, 5.41) is 4.14. The molecule has 0 atom stereocenters. The summed E-state index contributed by atoms with van der Waals surface area (Å²) in [6, 6.07) is 10.00. The van der Waals surface area contributed by atoms with Crippen LogP contribution in [-0.2, 0) is 0 Å². The van der Waals surface area contributed by atoms with Crippen LogP contribution in [0.3, 0.4) is 0 Å². The van der Waals surface area contributed by atoms with Crippen LogP contribution in [-0.4, -0.2) is 7.05 Å². The number of fused-ring (bicyclic) bond motifs is 1. The molecule has 0 saturated carbocycles. The Kier molecular flexibility index (Phi) is 1.67. The lowest BCUT2D eigenvalue weighted by Gasteiger charge is -1.92. The summed E-state index contributed by atoms with van der Waals surface area (Å²) in [7, 11) is 1.87. The first kappa shape index (κ1) is 7.10. The zero-order valence-electron chi connectivity index (χ0n) is 6.87. The molecule has 0 aliphatic heterocycles. The Morgan fingerprint density at radius 2 is 2.08 bits per heavy atom. The van der Waals surface area contributed by atoms with Gasteiger partial charge in [0.1, 0.15) is 5.69 Å². The average molecular weight is 160 g/mol. The van der Waals surface area contributed by atoms with Crippen molar-refractivity contribution in [3.63, 3.8) is 0 Å². The highest BCUT2D eigenvalue weighted by Gasteiger charge is 2.04. The molecule has 2 nitrogen and oxygen atoms in total. The van der Waals surface area contributed by atoms with Gasteiger partial charge < -0.3 is 5.32 Å². The van der Waals surface area contributed by atoms with Gasteiger partial charge in [-0.2, -0.15) is 0 Å². The van der Waals surface area contributed by atoms with Gasteiger partial charge in [0.25, 0.3) is 0 Å². The minimum atomic E-state index is 0.913. The third-order valence-corrected chi connectivity index (χ3v) is 1.83. The molecule has 2 heteroatoms. The largest absolute Gasteiger partial charge is 0.381 e. The number of hydrogen-bond donors (Lipinski definition) is 1. The molecule has 0 saturated heterocycles. The molecular formula is C10H10NO+. The summed E-state index contributed by atoms with van der Waals surface area (Å²) in [6.07, 6.45) is 1.71. The van der Waals surface area contributed by atoms with E-state index in [1.165, 1.54) is 0 Å². The number of anilines is 1. The molecule has 0 aliphatic carbocycles. The molecule has 0 amide bonds. The van der Waals surface area contributed by atoms with Crippen LogP contribution in [0.4, 0.5) is 5.69 Å². The molecule has 0 radical (unpaired) electrons. The highest BCUT2D eigenvalue weighted by Crippen LogP contribution is 2.17. The van der Waals surface area contributed by atoms with Crippen LogP contribution < -0.4 is 5.32 Å². The number of rotatable bonds is 1. The van der Waals surface area contributed by atoms with Gasteiger partial charge in [0.15, 0.2) is 0 Å². The van der Waals surface area contributed by atoms with Gasteiger partial charge in [-0.3, -0.25) is 0 Å². The van der Waals surface area contributed by atoms with Crippen molar-refractivity contribution in [1.29, 1.82) is 0 Å². The maximum Gasteiger partial charge on any atom is 0.359 e. The van der Waals surface area contributed by atoms with Crippen LogP contribution in [0.2, 0.25) is 0 Å². The molecule has 1 aromatic heterocycles. The molecule has 1 aromatic carbocycles. The summed E-state index contributed by atoms with van der Waals surface area (Å²) >= 11 is 0. The Morgan fingerprint density at radius 1 is 1.25 bits per heavy atom. The van der Waals surface area contributed by atoms with Crippen LogP contribution >= 0.6 is 0 Å². The quantitative estimate of drug-likeness (QED) is 0.648. The highest BCUT2D eigenvalue weighted by molar-refractivity contribution is 5.79. The number of benzene rings is 1. The van der Waals surface area contributed by atoms with Gasteiger partial charge >= 0.3 is 11.8 Å². The number of para-hydroxylation sites is 1. The van der Waals surface area contributed by atoms with Crippen molar-refractivity contribution >= 4 is 16.7 Å². The number of hydrogen-bond acceptors (Lipinski definition) is 1. The predicted molar refractivity (Wildman–Crippen MR) is 50.2 cm³/mol. The second kappa shape index (κ2) is 2.81. The second-order valence-electron chi connectivity index (χ2n) is 2.62. The first-order valence-corrected chi connectivity index (χ1v) is 3.88. The van der Waals surface area contributed by atoms with Crippen LogP contribution in [0.15, 0.2) is 41.0 Å². The summed E-state index contributed by atoms with van der Waals surface area (Å²) in [6.45, 7) is 0. The van der Waals surface area contributed by atoms with E-state index in [2.05, 4.69) is 11.4 Å². The van der Waals surface area contributed by atoms with Gasteiger partial charge in [0.2, 0.25) is 0 Å². The zero-order chi connectivity index (χ0) is 8.39. The Bertz CT molecular complexity index is 398. The fourth-order valence-electron chi connectivity index (χ4n) is 1.17. The van der Waals surface area contributed by atoms with Crippen LogP contribution in [0.25, 0.3) is 11.0 Å². The molecule has 2 rings (SSSR count). The van der Waals surface area contributed by atoms with Gasteiger partial charge in [0.05, 0.1) is 5.39 Å². The Morgan fingerprint density at radius 3 is 2.92 bits per heavy atom. The first-order valence-electron chi connectivity index (χ1n) is 3.88. The van der Waals surface area contributed by atoms with Crippen molar-refractivity contribution in [2.24, 2.45) is 0 Å². The minimum Gasteiger partial charge on any atom is -0.381 e. The van der Waals surface area contributed by atoms with Crippen molar-refractivity contribution in [1.82, 2.24) is 0 Å². The van der Waals surface area contributed by atoms with Crippen LogP contribution in [0.5, 0.6) is 0 Å². The van der Waals surface area contributed by atoms with E-state index in [0.717, 1.165) is 16.7 Å². The van der Waals surface area contributed by atoms with E-state index in [1.807, 2.05) is 31.3 Å². The van der Waals surface area contributed by atoms with Crippen molar-refractivity contribution in [2.45, 2.75) is 0 Å². The van der Waals surface area contributed by atoms with E-state index < -0.39 is 0 Å². The van der Waals surface area contributed by atoms with E-state index in [1.54, 1.807) is 6.26 Å². The topological polar surface area (TPSA) is 23.3 Å². The molecule has 0 spiro atoms. The monoisotopic (exact) mass is 160 g/mol. The van der Waals surface area contributed by atoms with Gasteiger partial charge in [-0.15, -0.1) is 0 Å². The molecule has 0 aliphatic rings. The van der Waals surface area contributed by atoms with Gasteiger partial charge in [-0.25, -0.2) is 4.42 Å². The van der Waals surface area contributed by atoms with E-state index >= 15 is 0 Å². The maximum atomic E-state index is 5.37. The average Bonchev–Trinajstić information content (AvgIpc) is 2.17. The third-order valence-electron chi connectivity index (χ3n) is 1.83. The highest BCUT2D eigenvalue weighted by atomic mass is 16.3. The molecule has 0 unspecified atom stereocenters. The summed E-state index contributed by atoms with van der Waals surface area (Å²) in [4.78, 5) is 0. The molecule has 60 valence electrons. The lowest BCUT2D eigenvalue weighted by atomic mass is 10.2. The first-order chi connectivity index (χ1) is 5.90. The fraction of sp³-hybridized carbons (Fsp3) is 0.100. The SMILES string of the molecule is CNc1c[o+]c2ccccc2c1. The van der Waals surface area contributed by atoms with Crippen molar-refractivity contribution < 1.29 is 4.42 Å². The molecule has 2 aromatic rings. The lowest BCUT2D eigenvalue weighted by molar-refractivity contribution is 0.606. The smallest absolute Gasteiger partial charge is 0.359 e. The van der Waals surface area contributed by atoms with Gasteiger partial charge in [-0.1, -0.05) is 12.1 Å². The second-order valence-corrected chi connectivity index (χ2v) is 2.62. The molecule has 0 fully saturated rings.